The topological polar surface area (TPSA) is 133 Å². The maximum absolute atomic E-state index is 12.5. The molecule has 2 atom stereocenters. The zero-order valence-corrected chi connectivity index (χ0v) is 17.2. The molecule has 1 aliphatic carbocycles. The Hall–Kier alpha value is -3.38. The van der Waals surface area contributed by atoms with Crippen molar-refractivity contribution in [3.8, 4) is 5.88 Å². The van der Waals surface area contributed by atoms with Gasteiger partial charge in [0.15, 0.2) is 5.82 Å². The van der Waals surface area contributed by atoms with Gasteiger partial charge in [-0.15, -0.1) is 0 Å². The molecule has 0 radical (unpaired) electrons. The van der Waals surface area contributed by atoms with E-state index in [9.17, 15) is 27.9 Å². The Morgan fingerprint density at radius 1 is 1.31 bits per heavy atom. The summed E-state index contributed by atoms with van der Waals surface area (Å²) in [7, 11) is 1.46. The molecule has 13 heteroatoms. The molecule has 3 N–H and O–H groups in total. The van der Waals surface area contributed by atoms with Crippen LogP contribution in [0.5, 0.6) is 5.88 Å². The minimum absolute atomic E-state index is 0.0164. The Morgan fingerprint density at radius 2 is 2.09 bits per heavy atom. The van der Waals surface area contributed by atoms with Crippen molar-refractivity contribution in [1.82, 2.24) is 25.1 Å². The fourth-order valence-corrected chi connectivity index (χ4v) is 3.71. The second-order valence-corrected chi connectivity index (χ2v) is 7.49. The minimum atomic E-state index is -4.42. The second-order valence-electron chi connectivity index (χ2n) is 7.49. The highest BCUT2D eigenvalue weighted by Gasteiger charge is 2.36. The van der Waals surface area contributed by atoms with Gasteiger partial charge in [0, 0.05) is 30.3 Å². The number of H-pyrrole nitrogens is 1. The number of aromatic amines is 1. The molecule has 0 spiro atoms. The van der Waals surface area contributed by atoms with Gasteiger partial charge in [-0.25, -0.2) is 9.78 Å². The van der Waals surface area contributed by atoms with Gasteiger partial charge in [0.2, 0.25) is 11.8 Å². The Morgan fingerprint density at radius 3 is 2.72 bits per heavy atom. The van der Waals surface area contributed by atoms with E-state index >= 15 is 0 Å². The molecule has 0 aromatic carbocycles. The lowest BCUT2D eigenvalue weighted by Crippen LogP contribution is -2.40. The average molecular weight is 456 g/mol. The van der Waals surface area contributed by atoms with Crippen molar-refractivity contribution in [3.05, 3.63) is 29.8 Å². The van der Waals surface area contributed by atoms with Crippen LogP contribution in [0.1, 0.15) is 43.0 Å². The molecule has 2 aromatic heterocycles. The fourth-order valence-electron chi connectivity index (χ4n) is 3.71. The number of rotatable bonds is 8. The molecule has 1 fully saturated rings. The van der Waals surface area contributed by atoms with E-state index in [0.29, 0.717) is 42.3 Å². The van der Waals surface area contributed by atoms with Gasteiger partial charge < -0.3 is 20.1 Å². The van der Waals surface area contributed by atoms with Crippen molar-refractivity contribution in [2.24, 2.45) is 0 Å². The van der Waals surface area contributed by atoms with Crippen LogP contribution in [-0.4, -0.2) is 68.0 Å². The van der Waals surface area contributed by atoms with E-state index in [1.165, 1.54) is 19.5 Å². The predicted molar refractivity (Wildman–Crippen MR) is 105 cm³/mol. The first kappa shape index (κ1) is 23.3. The van der Waals surface area contributed by atoms with Crippen molar-refractivity contribution in [3.63, 3.8) is 0 Å². The first-order valence-corrected chi connectivity index (χ1v) is 9.91. The lowest BCUT2D eigenvalue weighted by molar-refractivity contribution is -0.137. The smallest absolute Gasteiger partial charge is 0.407 e. The fraction of sp³-hybridized carbons (Fsp3) is 0.526. The number of anilines is 1. The summed E-state index contributed by atoms with van der Waals surface area (Å²) in [6.07, 6.45) is -2.72. The van der Waals surface area contributed by atoms with Crippen LogP contribution in [-0.2, 0) is 11.2 Å². The number of carboxylic acid groups (broad SMARTS) is 1. The third-order valence-electron chi connectivity index (χ3n) is 5.27. The van der Waals surface area contributed by atoms with Crippen LogP contribution >= 0.6 is 0 Å². The maximum Gasteiger partial charge on any atom is 0.407 e. The van der Waals surface area contributed by atoms with Crippen LogP contribution in [0.2, 0.25) is 0 Å². The largest absolute Gasteiger partial charge is 0.480 e. The standard InChI is InChI=1S/C19H23F3N6O4/c1-32-17-10-23-12(9-24-17)7-16(29)25-15-8-14(26-27-15)11-2-3-13(6-11)28(18(30)31)5-4-19(20,21)22/h8-11,13H,2-7H2,1H3,(H,30,31)(H2,25,26,27,29). The summed E-state index contributed by atoms with van der Waals surface area (Å²) in [6.45, 7) is -0.589. The number of ether oxygens (including phenoxy) is 1. The highest BCUT2D eigenvalue weighted by atomic mass is 19.4. The van der Waals surface area contributed by atoms with Crippen molar-refractivity contribution in [2.75, 3.05) is 19.0 Å². The van der Waals surface area contributed by atoms with Crippen LogP contribution in [0.25, 0.3) is 0 Å². The Kier molecular flexibility index (Phi) is 7.15. The van der Waals surface area contributed by atoms with Crippen molar-refractivity contribution >= 4 is 17.8 Å². The zero-order chi connectivity index (χ0) is 23.3. The predicted octanol–water partition coefficient (Wildman–Crippen LogP) is 2.96. The maximum atomic E-state index is 12.5. The molecule has 0 aliphatic heterocycles. The zero-order valence-electron chi connectivity index (χ0n) is 17.2. The first-order chi connectivity index (χ1) is 15.1. The van der Waals surface area contributed by atoms with Gasteiger partial charge in [-0.3, -0.25) is 14.9 Å². The Labute approximate surface area is 181 Å². The summed E-state index contributed by atoms with van der Waals surface area (Å²) < 4.78 is 42.4. The molecule has 2 amide bonds. The van der Waals surface area contributed by atoms with E-state index < -0.39 is 31.3 Å². The molecule has 10 nitrogen and oxygen atoms in total. The number of halogens is 3. The molecular weight excluding hydrogens is 433 g/mol. The number of carbonyl (C=O) groups is 2. The highest BCUT2D eigenvalue weighted by molar-refractivity contribution is 5.91. The minimum Gasteiger partial charge on any atom is -0.480 e. The molecule has 1 aliphatic rings. The van der Waals surface area contributed by atoms with Gasteiger partial charge in [-0.1, -0.05) is 0 Å². The third kappa shape index (κ3) is 6.31. The highest BCUT2D eigenvalue weighted by Crippen LogP contribution is 2.37. The lowest BCUT2D eigenvalue weighted by atomic mass is 10.0. The molecule has 2 unspecified atom stereocenters. The van der Waals surface area contributed by atoms with Crippen LogP contribution in [0.3, 0.4) is 0 Å². The summed E-state index contributed by atoms with van der Waals surface area (Å²) in [5.41, 5.74) is 1.14. The lowest BCUT2D eigenvalue weighted by Gasteiger charge is -2.26. The summed E-state index contributed by atoms with van der Waals surface area (Å²) in [5.74, 6) is 0.178. The Balaban J connectivity index is 1.54. The van der Waals surface area contributed by atoms with E-state index in [4.69, 9.17) is 4.74 Å². The number of nitrogens with one attached hydrogen (secondary N) is 2. The van der Waals surface area contributed by atoms with Crippen LogP contribution in [0, 0.1) is 0 Å². The van der Waals surface area contributed by atoms with Gasteiger partial charge in [-0.2, -0.15) is 18.3 Å². The summed E-state index contributed by atoms with van der Waals surface area (Å²) in [5, 5.41) is 18.8. The van der Waals surface area contributed by atoms with E-state index in [-0.39, 0.29) is 18.2 Å². The quantitative estimate of drug-likeness (QED) is 0.556. The second kappa shape index (κ2) is 9.83. The number of methoxy groups -OCH3 is 1. The molecule has 0 bridgehead atoms. The summed E-state index contributed by atoms with van der Waals surface area (Å²) in [6, 6.07) is 1.14. The van der Waals surface area contributed by atoms with Crippen LogP contribution in [0.15, 0.2) is 18.5 Å². The number of carbonyl (C=O) groups excluding carboxylic acids is 1. The summed E-state index contributed by atoms with van der Waals surface area (Å²) in [4.78, 5) is 32.6. The molecule has 0 saturated heterocycles. The van der Waals surface area contributed by atoms with Crippen molar-refractivity contribution in [2.45, 2.75) is 50.2 Å². The van der Waals surface area contributed by atoms with E-state index in [0.717, 1.165) is 4.90 Å². The van der Waals surface area contributed by atoms with Crippen molar-refractivity contribution in [1.29, 1.82) is 0 Å². The van der Waals surface area contributed by atoms with Crippen LogP contribution in [0.4, 0.5) is 23.8 Å². The SMILES string of the molecule is COc1cnc(CC(=O)Nc2cc(C3CCC(N(CCC(F)(F)F)C(=O)O)C3)[nH]n2)cn1. The molecule has 2 heterocycles. The molecular formula is C19H23F3N6O4. The first-order valence-electron chi connectivity index (χ1n) is 9.91. The average Bonchev–Trinajstić information content (AvgIpc) is 3.37. The molecule has 32 heavy (non-hydrogen) atoms. The van der Waals surface area contributed by atoms with Gasteiger partial charge in [0.05, 0.1) is 38.0 Å². The van der Waals surface area contributed by atoms with Crippen LogP contribution < -0.4 is 10.1 Å². The third-order valence-corrected chi connectivity index (χ3v) is 5.27. The van der Waals surface area contributed by atoms with E-state index in [1.807, 2.05) is 0 Å². The molecule has 3 rings (SSSR count). The number of hydrogen-bond acceptors (Lipinski definition) is 6. The van der Waals surface area contributed by atoms with Gasteiger partial charge >= 0.3 is 12.3 Å². The number of alkyl halides is 3. The number of amides is 2. The van der Waals surface area contributed by atoms with Gasteiger partial charge in [0.25, 0.3) is 0 Å². The normalized spacial score (nSPS) is 18.4. The van der Waals surface area contributed by atoms with E-state index in [2.05, 4.69) is 25.5 Å². The van der Waals surface area contributed by atoms with Gasteiger partial charge in [0.1, 0.15) is 0 Å². The number of aromatic nitrogens is 4. The Bertz CT molecular complexity index is 934. The summed E-state index contributed by atoms with van der Waals surface area (Å²) >= 11 is 0. The van der Waals surface area contributed by atoms with E-state index in [1.54, 1.807) is 6.07 Å². The van der Waals surface area contributed by atoms with Gasteiger partial charge in [-0.05, 0) is 19.3 Å². The molecule has 174 valence electrons. The number of hydrogen-bond donors (Lipinski definition) is 3. The number of nitrogens with zero attached hydrogens (tertiary/aromatic N) is 4. The van der Waals surface area contributed by atoms with Crippen molar-refractivity contribution < 1.29 is 32.6 Å². The monoisotopic (exact) mass is 456 g/mol. The molecule has 2 aromatic rings. The molecule has 1 saturated carbocycles.